The molecule has 2 heterocycles. The standard InChI is InChI=1S/C12H11N3O4/c1-7-3-2-4-8(5-7)15-6-9(18-12(15)17)10-13-14-11(16)19-10/h2-5,9H,6H2,1H3,(H,14,16). The fourth-order valence-electron chi connectivity index (χ4n) is 1.98. The first-order valence-corrected chi connectivity index (χ1v) is 5.74. The van der Waals surface area contributed by atoms with Crippen LogP contribution in [0, 0.1) is 6.92 Å². The van der Waals surface area contributed by atoms with Crippen LogP contribution in [-0.2, 0) is 4.74 Å². The van der Waals surface area contributed by atoms with E-state index in [0.717, 1.165) is 11.3 Å². The maximum absolute atomic E-state index is 11.8. The van der Waals surface area contributed by atoms with Crippen LogP contribution in [0.4, 0.5) is 10.5 Å². The molecule has 1 atom stereocenters. The molecule has 3 rings (SSSR count). The Hall–Kier alpha value is -2.57. The van der Waals surface area contributed by atoms with E-state index in [0.29, 0.717) is 0 Å². The van der Waals surface area contributed by atoms with Crippen molar-refractivity contribution in [2.75, 3.05) is 11.4 Å². The van der Waals surface area contributed by atoms with Crippen molar-refractivity contribution < 1.29 is 13.9 Å². The number of nitrogens with one attached hydrogen (secondary N) is 1. The van der Waals surface area contributed by atoms with Gasteiger partial charge in [0.15, 0.2) is 6.10 Å². The molecule has 1 aromatic carbocycles. The van der Waals surface area contributed by atoms with Crippen LogP contribution in [0.5, 0.6) is 0 Å². The topological polar surface area (TPSA) is 88.4 Å². The van der Waals surface area contributed by atoms with Gasteiger partial charge in [0.2, 0.25) is 0 Å². The van der Waals surface area contributed by atoms with E-state index in [4.69, 9.17) is 9.15 Å². The molecule has 1 fully saturated rings. The summed E-state index contributed by atoms with van der Waals surface area (Å²) >= 11 is 0. The number of hydrogen-bond acceptors (Lipinski definition) is 5. The lowest BCUT2D eigenvalue weighted by Crippen LogP contribution is -2.23. The lowest BCUT2D eigenvalue weighted by atomic mass is 10.2. The van der Waals surface area contributed by atoms with E-state index in [1.165, 1.54) is 4.90 Å². The fourth-order valence-corrected chi connectivity index (χ4v) is 1.98. The van der Waals surface area contributed by atoms with E-state index in [-0.39, 0.29) is 12.4 Å². The number of amides is 1. The Kier molecular flexibility index (Phi) is 2.59. The van der Waals surface area contributed by atoms with E-state index in [9.17, 15) is 9.59 Å². The summed E-state index contributed by atoms with van der Waals surface area (Å²) in [6.07, 6.45) is -1.16. The van der Waals surface area contributed by atoms with Gasteiger partial charge in [-0.15, -0.1) is 5.10 Å². The first-order chi connectivity index (χ1) is 9.13. The highest BCUT2D eigenvalue weighted by molar-refractivity contribution is 5.89. The largest absolute Gasteiger partial charge is 0.434 e. The minimum absolute atomic E-state index is 0.0773. The number of hydrogen-bond donors (Lipinski definition) is 1. The summed E-state index contributed by atoms with van der Waals surface area (Å²) < 4.78 is 9.94. The minimum atomic E-state index is -0.674. The first kappa shape index (κ1) is 11.5. The van der Waals surface area contributed by atoms with Crippen molar-refractivity contribution in [2.24, 2.45) is 0 Å². The molecular formula is C12H11N3O4. The number of benzene rings is 1. The molecule has 0 spiro atoms. The van der Waals surface area contributed by atoms with Crippen LogP contribution < -0.4 is 10.7 Å². The van der Waals surface area contributed by atoms with Crippen molar-refractivity contribution in [3.8, 4) is 0 Å². The van der Waals surface area contributed by atoms with Crippen molar-refractivity contribution in [3.05, 3.63) is 46.3 Å². The van der Waals surface area contributed by atoms with Gasteiger partial charge in [-0.05, 0) is 24.6 Å². The average Bonchev–Trinajstić information content (AvgIpc) is 2.95. The molecule has 0 radical (unpaired) electrons. The van der Waals surface area contributed by atoms with Crippen LogP contribution >= 0.6 is 0 Å². The van der Waals surface area contributed by atoms with Gasteiger partial charge in [-0.1, -0.05) is 12.1 Å². The van der Waals surface area contributed by atoms with Gasteiger partial charge in [0.1, 0.15) is 0 Å². The smallest absolute Gasteiger partial charge is 0.434 e. The van der Waals surface area contributed by atoms with E-state index in [1.54, 1.807) is 0 Å². The number of carbonyl (C=O) groups excluding carboxylic acids is 1. The molecular weight excluding hydrogens is 250 g/mol. The Morgan fingerprint density at radius 2 is 2.26 bits per heavy atom. The van der Waals surface area contributed by atoms with Gasteiger partial charge in [0, 0.05) is 5.69 Å². The van der Waals surface area contributed by atoms with Gasteiger partial charge in [-0.2, -0.15) is 0 Å². The maximum atomic E-state index is 11.8. The third-order valence-electron chi connectivity index (χ3n) is 2.86. The third kappa shape index (κ3) is 2.10. The molecule has 1 aliphatic rings. The number of H-pyrrole nitrogens is 1. The minimum Gasteiger partial charge on any atom is -0.434 e. The van der Waals surface area contributed by atoms with Gasteiger partial charge in [-0.3, -0.25) is 4.90 Å². The number of ether oxygens (including phenoxy) is 1. The Bertz CT molecular complexity index is 675. The Morgan fingerprint density at radius 1 is 1.42 bits per heavy atom. The van der Waals surface area contributed by atoms with Crippen LogP contribution in [-0.4, -0.2) is 22.8 Å². The second kappa shape index (κ2) is 4.27. The van der Waals surface area contributed by atoms with Crippen LogP contribution in [0.3, 0.4) is 0 Å². The number of aryl methyl sites for hydroxylation is 1. The summed E-state index contributed by atoms with van der Waals surface area (Å²) in [7, 11) is 0. The number of nitrogens with zero attached hydrogens (tertiary/aromatic N) is 2. The van der Waals surface area contributed by atoms with Crippen LogP contribution in [0.2, 0.25) is 0 Å². The molecule has 0 aliphatic carbocycles. The summed E-state index contributed by atoms with van der Waals surface area (Å²) in [6.45, 7) is 2.20. The maximum Gasteiger partial charge on any atom is 0.434 e. The summed E-state index contributed by atoms with van der Waals surface area (Å²) in [5.74, 6) is -0.589. The van der Waals surface area contributed by atoms with Gasteiger partial charge in [-0.25, -0.2) is 14.7 Å². The Morgan fingerprint density at radius 3 is 2.95 bits per heavy atom. The molecule has 1 amide bonds. The van der Waals surface area contributed by atoms with Crippen LogP contribution in [0.15, 0.2) is 33.5 Å². The van der Waals surface area contributed by atoms with Gasteiger partial charge >= 0.3 is 11.8 Å². The Balaban J connectivity index is 1.86. The highest BCUT2D eigenvalue weighted by Crippen LogP contribution is 2.28. The van der Waals surface area contributed by atoms with E-state index in [2.05, 4.69) is 10.2 Å². The lowest BCUT2D eigenvalue weighted by Gasteiger charge is -2.12. The van der Waals surface area contributed by atoms with Crippen molar-refractivity contribution in [1.82, 2.24) is 10.2 Å². The molecule has 19 heavy (non-hydrogen) atoms. The van der Waals surface area contributed by atoms with Gasteiger partial charge in [0.25, 0.3) is 5.89 Å². The van der Waals surface area contributed by atoms with E-state index in [1.807, 2.05) is 31.2 Å². The molecule has 0 saturated carbocycles. The quantitative estimate of drug-likeness (QED) is 0.881. The Labute approximate surface area is 107 Å². The van der Waals surface area contributed by atoms with Crippen molar-refractivity contribution in [1.29, 1.82) is 0 Å². The molecule has 1 unspecified atom stereocenters. The SMILES string of the molecule is Cc1cccc(N2CC(c3n[nH]c(=O)o3)OC2=O)c1. The summed E-state index contributed by atoms with van der Waals surface area (Å²) in [5.41, 5.74) is 1.78. The molecule has 0 bridgehead atoms. The molecule has 98 valence electrons. The number of aromatic amines is 1. The van der Waals surface area contributed by atoms with Crippen molar-refractivity contribution >= 4 is 11.8 Å². The zero-order valence-corrected chi connectivity index (χ0v) is 10.1. The summed E-state index contributed by atoms with van der Waals surface area (Å²) in [6, 6.07) is 7.50. The number of cyclic esters (lactones) is 1. The molecule has 7 heteroatoms. The first-order valence-electron chi connectivity index (χ1n) is 5.74. The normalized spacial score (nSPS) is 18.7. The second-order valence-corrected chi connectivity index (χ2v) is 4.27. The fraction of sp³-hybridized carbons (Fsp3) is 0.250. The molecule has 1 aliphatic heterocycles. The van der Waals surface area contributed by atoms with Gasteiger partial charge < -0.3 is 9.15 Å². The van der Waals surface area contributed by atoms with Gasteiger partial charge in [0.05, 0.1) is 6.54 Å². The number of anilines is 1. The molecule has 2 aromatic rings. The number of aromatic nitrogens is 2. The van der Waals surface area contributed by atoms with Crippen LogP contribution in [0.25, 0.3) is 0 Å². The summed E-state index contributed by atoms with van der Waals surface area (Å²) in [5, 5.41) is 5.81. The molecule has 1 saturated heterocycles. The van der Waals surface area contributed by atoms with Crippen molar-refractivity contribution in [3.63, 3.8) is 0 Å². The highest BCUT2D eigenvalue weighted by atomic mass is 16.6. The monoisotopic (exact) mass is 261 g/mol. The van der Waals surface area contributed by atoms with E-state index < -0.39 is 18.0 Å². The molecule has 1 aromatic heterocycles. The molecule has 7 nitrogen and oxygen atoms in total. The zero-order valence-electron chi connectivity index (χ0n) is 10.1. The van der Waals surface area contributed by atoms with Crippen molar-refractivity contribution in [2.45, 2.75) is 13.0 Å². The summed E-state index contributed by atoms with van der Waals surface area (Å²) in [4.78, 5) is 24.2. The van der Waals surface area contributed by atoms with E-state index >= 15 is 0 Å². The van der Waals surface area contributed by atoms with Crippen LogP contribution in [0.1, 0.15) is 17.6 Å². The third-order valence-corrected chi connectivity index (χ3v) is 2.86. The highest BCUT2D eigenvalue weighted by Gasteiger charge is 2.36. The second-order valence-electron chi connectivity index (χ2n) is 4.27. The lowest BCUT2D eigenvalue weighted by molar-refractivity contribution is 0.125. The molecule has 1 N–H and O–H groups in total. The predicted octanol–water partition coefficient (Wildman–Crippen LogP) is 1.37. The predicted molar refractivity (Wildman–Crippen MR) is 64.9 cm³/mol. The average molecular weight is 261 g/mol. The number of carbonyl (C=O) groups is 1. The number of rotatable bonds is 2. The zero-order chi connectivity index (χ0) is 13.4.